The van der Waals surface area contributed by atoms with Crippen LogP contribution >= 0.6 is 11.8 Å². The van der Waals surface area contributed by atoms with Crippen molar-refractivity contribution in [1.29, 1.82) is 0 Å². The zero-order valence-corrected chi connectivity index (χ0v) is 28.6. The third-order valence-corrected chi connectivity index (χ3v) is 8.32. The topological polar surface area (TPSA) is 150 Å². The summed E-state index contributed by atoms with van der Waals surface area (Å²) < 4.78 is 62.6. The minimum Gasteiger partial charge on any atom is -0.478 e. The third-order valence-electron chi connectivity index (χ3n) is 7.12. The van der Waals surface area contributed by atoms with Gasteiger partial charge in [0, 0.05) is 57.1 Å². The van der Waals surface area contributed by atoms with Gasteiger partial charge in [0.2, 0.25) is 12.2 Å². The van der Waals surface area contributed by atoms with Crippen LogP contribution in [-0.2, 0) is 46.4 Å². The first-order chi connectivity index (χ1) is 23.2. The van der Waals surface area contributed by atoms with E-state index in [2.05, 4.69) is 10.6 Å². The molecular weight excluding hydrogens is 671 g/mol. The number of hydrogen-bond donors (Lipinski definition) is 2. The predicted molar refractivity (Wildman–Crippen MR) is 171 cm³/mol. The average molecular weight is 712 g/mol. The Morgan fingerprint density at radius 1 is 0.980 bits per heavy atom. The number of benzene rings is 2. The van der Waals surface area contributed by atoms with Crippen molar-refractivity contribution in [2.24, 2.45) is 5.92 Å². The van der Waals surface area contributed by atoms with Gasteiger partial charge in [-0.3, -0.25) is 14.4 Å². The number of hydrogen-bond acceptors (Lipinski definition) is 10. The van der Waals surface area contributed by atoms with Crippen LogP contribution in [0.4, 0.5) is 18.0 Å². The number of rotatable bonds is 15. The highest BCUT2D eigenvalue weighted by atomic mass is 32.2. The molecule has 0 saturated carbocycles. The summed E-state index contributed by atoms with van der Waals surface area (Å²) in [6.07, 6.45) is -4.07. The van der Waals surface area contributed by atoms with Crippen LogP contribution in [0.25, 0.3) is 0 Å². The molecule has 0 bridgehead atoms. The Labute approximate surface area is 286 Å². The molecule has 1 fully saturated rings. The molecule has 12 nitrogen and oxygen atoms in total. The molecule has 1 aliphatic heterocycles. The molecule has 2 N–H and O–H groups in total. The summed E-state index contributed by atoms with van der Waals surface area (Å²) in [6, 6.07) is 6.57. The molecule has 0 aromatic heterocycles. The molecule has 1 heterocycles. The van der Waals surface area contributed by atoms with Crippen molar-refractivity contribution in [2.45, 2.75) is 77.8 Å². The van der Waals surface area contributed by atoms with Crippen molar-refractivity contribution in [3.8, 4) is 5.75 Å². The first-order valence-corrected chi connectivity index (χ1v) is 16.6. The van der Waals surface area contributed by atoms with Crippen molar-refractivity contribution in [3.05, 3.63) is 65.0 Å². The van der Waals surface area contributed by atoms with E-state index in [9.17, 15) is 37.1 Å². The lowest BCUT2D eigenvalue weighted by Crippen LogP contribution is -2.47. The van der Waals surface area contributed by atoms with Crippen molar-refractivity contribution in [2.75, 3.05) is 18.9 Å². The van der Waals surface area contributed by atoms with E-state index in [-0.39, 0.29) is 31.2 Å². The number of thioether (sulfide) groups is 1. The quantitative estimate of drug-likeness (QED) is 0.156. The lowest BCUT2D eigenvalue weighted by Gasteiger charge is -2.26. The molecule has 3 rings (SSSR count). The summed E-state index contributed by atoms with van der Waals surface area (Å²) in [5, 5.41) is 4.26. The molecule has 0 radical (unpaired) electrons. The van der Waals surface area contributed by atoms with E-state index in [0.29, 0.717) is 23.6 Å². The molecule has 0 aliphatic carbocycles. The van der Waals surface area contributed by atoms with Crippen molar-refractivity contribution >= 4 is 41.6 Å². The Morgan fingerprint density at radius 2 is 1.65 bits per heavy atom. The summed E-state index contributed by atoms with van der Waals surface area (Å²) in [5.41, 5.74) is 0.408. The van der Waals surface area contributed by atoms with E-state index in [0.717, 1.165) is 12.5 Å². The number of esters is 2. The zero-order valence-electron chi connectivity index (χ0n) is 27.8. The van der Waals surface area contributed by atoms with Crippen LogP contribution in [0.3, 0.4) is 0 Å². The predicted octanol–water partition coefficient (Wildman–Crippen LogP) is 4.22. The fraction of sp³-hybridized carbons (Fsp3) is 0.485. The van der Waals surface area contributed by atoms with E-state index in [1.54, 1.807) is 31.2 Å². The van der Waals surface area contributed by atoms with E-state index in [4.69, 9.17) is 18.9 Å². The maximum Gasteiger partial charge on any atom is 0.410 e. The minimum absolute atomic E-state index is 0.121. The summed E-state index contributed by atoms with van der Waals surface area (Å²) in [6.45, 7) is 8.32. The molecule has 2 aromatic carbocycles. The molecule has 1 aliphatic rings. The number of carbonyl (C=O) groups is 5. The van der Waals surface area contributed by atoms with Gasteiger partial charge in [0.1, 0.15) is 11.6 Å². The van der Waals surface area contributed by atoms with Crippen LogP contribution < -0.4 is 15.4 Å². The maximum absolute atomic E-state index is 14.5. The van der Waals surface area contributed by atoms with Gasteiger partial charge in [-0.15, -0.1) is 11.8 Å². The second kappa shape index (κ2) is 18.3. The number of nitrogens with one attached hydrogen (secondary N) is 2. The second-order valence-corrected chi connectivity index (χ2v) is 12.6. The Morgan fingerprint density at radius 3 is 2.29 bits per heavy atom. The first-order valence-electron chi connectivity index (χ1n) is 15.6. The largest absolute Gasteiger partial charge is 0.478 e. The molecule has 0 spiro atoms. The van der Waals surface area contributed by atoms with Gasteiger partial charge in [-0.25, -0.2) is 22.8 Å². The Bertz CT molecular complexity index is 1500. The summed E-state index contributed by atoms with van der Waals surface area (Å²) >= 11 is 1.22. The zero-order chi connectivity index (χ0) is 36.2. The molecule has 268 valence electrons. The SMILES string of the molecule is CCOC(=O)C(Oc1ccc(CNC(=O)C2SCCN2C(=O)CC(Cc2cc(F)c(F)cc2F)NC(=O)OC(C)OC(C)=O)cc1)C(C)C. The number of carbonyl (C=O) groups excluding carboxylic acids is 5. The van der Waals surface area contributed by atoms with Gasteiger partial charge in [-0.2, -0.15) is 0 Å². The third kappa shape index (κ3) is 11.9. The summed E-state index contributed by atoms with van der Waals surface area (Å²) in [4.78, 5) is 63.8. The van der Waals surface area contributed by atoms with Crippen molar-refractivity contribution in [1.82, 2.24) is 15.5 Å². The molecule has 4 unspecified atom stereocenters. The Hall–Kier alpha value is -4.47. The molecule has 4 atom stereocenters. The summed E-state index contributed by atoms with van der Waals surface area (Å²) in [5.74, 6) is -5.28. The van der Waals surface area contributed by atoms with Gasteiger partial charge in [-0.1, -0.05) is 26.0 Å². The molecule has 49 heavy (non-hydrogen) atoms. The van der Waals surface area contributed by atoms with Crippen molar-refractivity contribution in [3.63, 3.8) is 0 Å². The Balaban J connectivity index is 1.65. The second-order valence-electron chi connectivity index (χ2n) is 11.4. The number of halogens is 3. The van der Waals surface area contributed by atoms with E-state index < -0.39 is 83.9 Å². The monoisotopic (exact) mass is 711 g/mol. The summed E-state index contributed by atoms with van der Waals surface area (Å²) in [7, 11) is 0. The smallest absolute Gasteiger partial charge is 0.410 e. The fourth-order valence-electron chi connectivity index (χ4n) is 4.83. The highest BCUT2D eigenvalue weighted by Gasteiger charge is 2.36. The number of alkyl carbamates (subject to hydrolysis) is 1. The van der Waals surface area contributed by atoms with Gasteiger partial charge in [0.25, 0.3) is 5.91 Å². The molecule has 16 heteroatoms. The molecule has 2 aromatic rings. The van der Waals surface area contributed by atoms with Crippen LogP contribution in [0.2, 0.25) is 0 Å². The van der Waals surface area contributed by atoms with Crippen LogP contribution in [0, 0.1) is 23.4 Å². The lowest BCUT2D eigenvalue weighted by atomic mass is 10.0. The molecule has 1 saturated heterocycles. The van der Waals surface area contributed by atoms with Crippen LogP contribution in [0.5, 0.6) is 5.75 Å². The van der Waals surface area contributed by atoms with Gasteiger partial charge in [-0.05, 0) is 42.7 Å². The number of nitrogens with zero attached hydrogens (tertiary/aromatic N) is 1. The fourth-order valence-corrected chi connectivity index (χ4v) is 5.99. The van der Waals surface area contributed by atoms with Gasteiger partial charge >= 0.3 is 18.0 Å². The number of ether oxygens (including phenoxy) is 4. The first kappa shape index (κ1) is 39.0. The van der Waals surface area contributed by atoms with Gasteiger partial charge in [0.05, 0.1) is 6.61 Å². The standard InChI is InChI=1S/C33H40F3N3O9S/c1-6-45-32(43)29(18(2)3)48-24-9-7-21(8-10-24)17-37-30(42)31-39(11-12-49-31)28(41)15-23(38-33(44)47-20(5)46-19(4)40)13-22-14-26(35)27(36)16-25(22)34/h7-10,14,16,18,20,23,29,31H,6,11-13,15,17H2,1-5H3,(H,37,42)(H,38,44). The Kier molecular flexibility index (Phi) is 14.6. The average Bonchev–Trinajstić information content (AvgIpc) is 3.52. The van der Waals surface area contributed by atoms with E-state index in [1.165, 1.54) is 23.6 Å². The van der Waals surface area contributed by atoms with E-state index >= 15 is 0 Å². The van der Waals surface area contributed by atoms with Gasteiger partial charge in [0.15, 0.2) is 23.1 Å². The highest BCUT2D eigenvalue weighted by Crippen LogP contribution is 2.26. The number of amides is 3. The molecular formula is C33H40F3N3O9S. The normalized spacial score (nSPS) is 15.9. The lowest BCUT2D eigenvalue weighted by molar-refractivity contribution is -0.162. The molecule has 3 amide bonds. The van der Waals surface area contributed by atoms with Gasteiger partial charge < -0.3 is 34.5 Å². The highest BCUT2D eigenvalue weighted by molar-refractivity contribution is 8.00. The van der Waals surface area contributed by atoms with Crippen LogP contribution in [0.1, 0.15) is 52.2 Å². The minimum atomic E-state index is -1.41. The van der Waals surface area contributed by atoms with Crippen LogP contribution in [0.15, 0.2) is 36.4 Å². The maximum atomic E-state index is 14.5. The van der Waals surface area contributed by atoms with E-state index in [1.807, 2.05) is 13.8 Å². The van der Waals surface area contributed by atoms with Crippen LogP contribution in [-0.4, -0.2) is 77.5 Å². The van der Waals surface area contributed by atoms with Crippen molar-refractivity contribution < 1.29 is 56.1 Å².